The van der Waals surface area contributed by atoms with Crippen molar-refractivity contribution in [3.8, 4) is 11.5 Å². The number of amides is 1. The highest BCUT2D eigenvalue weighted by molar-refractivity contribution is 5.96. The van der Waals surface area contributed by atoms with Crippen LogP contribution in [-0.4, -0.2) is 5.91 Å². The fourth-order valence-electron chi connectivity index (χ4n) is 2.17. The van der Waals surface area contributed by atoms with Crippen LogP contribution in [0, 0.1) is 0 Å². The molecule has 0 saturated carbocycles. The minimum Gasteiger partial charge on any atom is -0.457 e. The molecule has 0 unspecified atom stereocenters. The summed E-state index contributed by atoms with van der Waals surface area (Å²) in [4.78, 5) is 17.6. The van der Waals surface area contributed by atoms with Crippen molar-refractivity contribution in [3.05, 3.63) is 96.1 Å². The van der Waals surface area contributed by atoms with E-state index in [1.165, 1.54) is 0 Å². The van der Waals surface area contributed by atoms with Crippen molar-refractivity contribution >= 4 is 5.91 Å². The molecule has 0 atom stereocenters. The van der Waals surface area contributed by atoms with Gasteiger partial charge in [0.15, 0.2) is 0 Å². The molecule has 4 nitrogen and oxygen atoms in total. The number of benzene rings is 3. The third kappa shape index (κ3) is 4.21. The molecule has 1 N–H and O–H groups in total. The fourth-order valence-corrected chi connectivity index (χ4v) is 2.17. The molecule has 3 rings (SSSR count). The van der Waals surface area contributed by atoms with E-state index in [9.17, 15) is 4.79 Å². The monoisotopic (exact) mass is 319 g/mol. The highest BCUT2D eigenvalue weighted by Gasteiger charge is 2.12. The number of hydrogen-bond donors (Lipinski definition) is 1. The van der Waals surface area contributed by atoms with Crippen molar-refractivity contribution in [2.45, 2.75) is 6.61 Å². The Hall–Kier alpha value is -3.11. The largest absolute Gasteiger partial charge is 0.457 e. The molecular weight excluding hydrogens is 302 g/mol. The molecule has 0 aliphatic carbocycles. The fraction of sp³-hybridized carbons (Fsp3) is 0.0500. The number of rotatable bonds is 6. The Bertz CT molecular complexity index is 788. The van der Waals surface area contributed by atoms with Crippen molar-refractivity contribution in [3.63, 3.8) is 0 Å². The zero-order valence-corrected chi connectivity index (χ0v) is 13.0. The maximum Gasteiger partial charge on any atom is 0.278 e. The lowest BCUT2D eigenvalue weighted by atomic mass is 10.2. The SMILES string of the molecule is O=C(NOCc1ccccc1)c1ccccc1Oc1ccccc1. The predicted octanol–water partition coefficient (Wildman–Crippen LogP) is 4.34. The first-order valence-electron chi connectivity index (χ1n) is 7.61. The molecule has 0 saturated heterocycles. The zero-order valence-electron chi connectivity index (χ0n) is 13.0. The maximum absolute atomic E-state index is 12.3. The smallest absolute Gasteiger partial charge is 0.278 e. The summed E-state index contributed by atoms with van der Waals surface area (Å²) in [5.74, 6) is 0.796. The molecule has 120 valence electrons. The lowest BCUT2D eigenvalue weighted by molar-refractivity contribution is 0.0232. The molecule has 0 heterocycles. The molecule has 3 aromatic carbocycles. The Kier molecular flexibility index (Phi) is 5.22. The van der Waals surface area contributed by atoms with Crippen molar-refractivity contribution < 1.29 is 14.4 Å². The molecule has 0 bridgehead atoms. The molecule has 1 amide bonds. The quantitative estimate of drug-likeness (QED) is 0.688. The minimum absolute atomic E-state index is 0.300. The van der Waals surface area contributed by atoms with Gasteiger partial charge in [-0.3, -0.25) is 9.63 Å². The molecular formula is C20H17NO3. The van der Waals surface area contributed by atoms with Crippen LogP contribution >= 0.6 is 0 Å². The van der Waals surface area contributed by atoms with Crippen LogP contribution in [0.5, 0.6) is 11.5 Å². The summed E-state index contributed by atoms with van der Waals surface area (Å²) in [7, 11) is 0. The third-order valence-corrected chi connectivity index (χ3v) is 3.35. The minimum atomic E-state index is -0.350. The highest BCUT2D eigenvalue weighted by Crippen LogP contribution is 2.24. The Morgan fingerprint density at radius 3 is 2.17 bits per heavy atom. The van der Waals surface area contributed by atoms with Crippen LogP contribution in [0.25, 0.3) is 0 Å². The molecule has 0 aromatic heterocycles. The Balaban J connectivity index is 1.64. The van der Waals surface area contributed by atoms with Crippen LogP contribution in [0.1, 0.15) is 15.9 Å². The summed E-state index contributed by atoms with van der Waals surface area (Å²) < 4.78 is 5.78. The Labute approximate surface area is 140 Å². The first-order valence-corrected chi connectivity index (χ1v) is 7.61. The molecule has 0 aliphatic rings. The first kappa shape index (κ1) is 15.8. The summed E-state index contributed by atoms with van der Waals surface area (Å²) >= 11 is 0. The number of nitrogens with one attached hydrogen (secondary N) is 1. The standard InChI is InChI=1S/C20H17NO3/c22-20(21-23-15-16-9-3-1-4-10-16)18-13-7-8-14-19(18)24-17-11-5-2-6-12-17/h1-14H,15H2,(H,21,22). The summed E-state index contributed by atoms with van der Waals surface area (Å²) in [6.07, 6.45) is 0. The van der Waals surface area contributed by atoms with Crippen molar-refractivity contribution in [1.29, 1.82) is 0 Å². The van der Waals surface area contributed by atoms with Gasteiger partial charge in [-0.05, 0) is 29.8 Å². The summed E-state index contributed by atoms with van der Waals surface area (Å²) in [5.41, 5.74) is 3.84. The number of carbonyl (C=O) groups is 1. The lowest BCUT2D eigenvalue weighted by Crippen LogP contribution is -2.24. The van der Waals surface area contributed by atoms with Crippen LogP contribution in [0.3, 0.4) is 0 Å². The van der Waals surface area contributed by atoms with E-state index in [4.69, 9.17) is 9.57 Å². The molecule has 4 heteroatoms. The van der Waals surface area contributed by atoms with Crippen LogP contribution in [0.15, 0.2) is 84.9 Å². The van der Waals surface area contributed by atoms with E-state index in [0.29, 0.717) is 23.7 Å². The number of hydrogen-bond acceptors (Lipinski definition) is 3. The van der Waals surface area contributed by atoms with Gasteiger partial charge in [-0.25, -0.2) is 5.48 Å². The van der Waals surface area contributed by atoms with Crippen LogP contribution in [0.2, 0.25) is 0 Å². The van der Waals surface area contributed by atoms with Crippen LogP contribution in [-0.2, 0) is 11.4 Å². The topological polar surface area (TPSA) is 47.6 Å². The average Bonchev–Trinajstić information content (AvgIpc) is 2.64. The van der Waals surface area contributed by atoms with Gasteiger partial charge in [0.25, 0.3) is 5.91 Å². The predicted molar refractivity (Wildman–Crippen MR) is 91.7 cm³/mol. The van der Waals surface area contributed by atoms with Gasteiger partial charge < -0.3 is 4.74 Å². The van der Waals surface area contributed by atoms with Gasteiger partial charge >= 0.3 is 0 Å². The van der Waals surface area contributed by atoms with Gasteiger partial charge in [0.1, 0.15) is 11.5 Å². The molecule has 0 fully saturated rings. The number of para-hydroxylation sites is 2. The molecule has 3 aromatic rings. The van der Waals surface area contributed by atoms with Crippen molar-refractivity contribution in [2.24, 2.45) is 0 Å². The van der Waals surface area contributed by atoms with Gasteiger partial charge in [0.05, 0.1) is 12.2 Å². The van der Waals surface area contributed by atoms with Crippen molar-refractivity contribution in [1.82, 2.24) is 5.48 Å². The van der Waals surface area contributed by atoms with E-state index in [0.717, 1.165) is 5.56 Å². The molecule has 0 spiro atoms. The van der Waals surface area contributed by atoms with Crippen LogP contribution < -0.4 is 10.2 Å². The van der Waals surface area contributed by atoms with Crippen LogP contribution in [0.4, 0.5) is 0 Å². The number of hydroxylamine groups is 1. The third-order valence-electron chi connectivity index (χ3n) is 3.35. The second-order valence-corrected chi connectivity index (χ2v) is 5.12. The summed E-state index contributed by atoms with van der Waals surface area (Å²) in [5, 5.41) is 0. The van der Waals surface area contributed by atoms with E-state index in [-0.39, 0.29) is 5.91 Å². The van der Waals surface area contributed by atoms with Gasteiger partial charge in [-0.15, -0.1) is 0 Å². The maximum atomic E-state index is 12.3. The van der Waals surface area contributed by atoms with E-state index < -0.39 is 0 Å². The van der Waals surface area contributed by atoms with Gasteiger partial charge in [-0.2, -0.15) is 0 Å². The highest BCUT2D eigenvalue weighted by atomic mass is 16.6. The molecule has 24 heavy (non-hydrogen) atoms. The van der Waals surface area contributed by atoms with E-state index in [1.807, 2.05) is 66.7 Å². The lowest BCUT2D eigenvalue weighted by Gasteiger charge is -2.11. The van der Waals surface area contributed by atoms with Gasteiger partial charge in [-0.1, -0.05) is 60.7 Å². The Morgan fingerprint density at radius 2 is 1.42 bits per heavy atom. The van der Waals surface area contributed by atoms with E-state index in [2.05, 4.69) is 5.48 Å². The second kappa shape index (κ2) is 7.94. The molecule has 0 radical (unpaired) electrons. The molecule has 0 aliphatic heterocycles. The first-order chi connectivity index (χ1) is 11.8. The zero-order chi connectivity index (χ0) is 16.6. The van der Waals surface area contributed by atoms with E-state index >= 15 is 0 Å². The van der Waals surface area contributed by atoms with Gasteiger partial charge in [0, 0.05) is 0 Å². The Morgan fingerprint density at radius 1 is 0.792 bits per heavy atom. The summed E-state index contributed by atoms with van der Waals surface area (Å²) in [6, 6.07) is 26.0. The van der Waals surface area contributed by atoms with Crippen molar-refractivity contribution in [2.75, 3.05) is 0 Å². The second-order valence-electron chi connectivity index (χ2n) is 5.12. The number of ether oxygens (including phenoxy) is 1. The summed E-state index contributed by atoms with van der Waals surface area (Å²) in [6.45, 7) is 0.300. The van der Waals surface area contributed by atoms with E-state index in [1.54, 1.807) is 18.2 Å². The normalized spacial score (nSPS) is 10.2. The average molecular weight is 319 g/mol. The number of carbonyl (C=O) groups excluding carboxylic acids is 1. The van der Waals surface area contributed by atoms with Gasteiger partial charge in [0.2, 0.25) is 0 Å².